The molecular formula is C14H25N5. The van der Waals surface area contributed by atoms with Gasteiger partial charge in [-0.1, -0.05) is 6.92 Å². The Balaban J connectivity index is 1.81. The molecule has 0 aliphatic carbocycles. The summed E-state index contributed by atoms with van der Waals surface area (Å²) >= 11 is 0. The Bertz CT molecular complexity index is 382. The Morgan fingerprint density at radius 3 is 2.84 bits per heavy atom. The molecule has 1 saturated heterocycles. The highest BCUT2D eigenvalue weighted by atomic mass is 15.1. The van der Waals surface area contributed by atoms with Gasteiger partial charge < -0.3 is 15.5 Å². The normalized spacial score (nSPS) is 20.2. The van der Waals surface area contributed by atoms with Crippen LogP contribution in [0.3, 0.4) is 0 Å². The van der Waals surface area contributed by atoms with E-state index in [1.807, 2.05) is 6.07 Å². The minimum atomic E-state index is 0.723. The van der Waals surface area contributed by atoms with Crippen LogP contribution in [-0.4, -0.2) is 48.1 Å². The molecule has 2 rings (SSSR count). The third-order valence-electron chi connectivity index (χ3n) is 3.52. The highest BCUT2D eigenvalue weighted by molar-refractivity contribution is 5.46. The fourth-order valence-electron chi connectivity index (χ4n) is 2.49. The lowest BCUT2D eigenvalue weighted by atomic mass is 9.98. The Hall–Kier alpha value is -1.36. The van der Waals surface area contributed by atoms with Crippen LogP contribution in [0, 0.1) is 5.92 Å². The maximum absolute atomic E-state index is 4.28. The number of piperidine rings is 1. The zero-order valence-electron chi connectivity index (χ0n) is 12.0. The van der Waals surface area contributed by atoms with Crippen LogP contribution >= 0.6 is 0 Å². The fraction of sp³-hybridized carbons (Fsp3) is 0.714. The number of aromatic nitrogens is 2. The monoisotopic (exact) mass is 263 g/mol. The number of rotatable bonds is 6. The highest BCUT2D eigenvalue weighted by Gasteiger charge is 2.16. The molecule has 1 aliphatic rings. The maximum atomic E-state index is 4.28. The van der Waals surface area contributed by atoms with Gasteiger partial charge in [0.05, 0.1) is 0 Å². The van der Waals surface area contributed by atoms with Gasteiger partial charge in [0.15, 0.2) is 0 Å². The number of nitrogens with one attached hydrogen (secondary N) is 2. The van der Waals surface area contributed by atoms with Crippen molar-refractivity contribution in [3.63, 3.8) is 0 Å². The lowest BCUT2D eigenvalue weighted by molar-refractivity contribution is 0.217. The Morgan fingerprint density at radius 2 is 2.11 bits per heavy atom. The Labute approximate surface area is 115 Å². The molecule has 106 valence electrons. The van der Waals surface area contributed by atoms with Gasteiger partial charge in [0.1, 0.15) is 18.0 Å². The van der Waals surface area contributed by atoms with Crippen molar-refractivity contribution in [1.29, 1.82) is 0 Å². The minimum Gasteiger partial charge on any atom is -0.370 e. The summed E-state index contributed by atoms with van der Waals surface area (Å²) in [4.78, 5) is 10.9. The standard InChI is InChI=1S/C14H25N5/c1-3-6-15-13-8-14(18-11-17-13)16-9-12-5-4-7-19(2)10-12/h8,11-12H,3-7,9-10H2,1-2H3,(H2,15,16,17,18). The lowest BCUT2D eigenvalue weighted by Crippen LogP contribution is -2.35. The maximum Gasteiger partial charge on any atom is 0.131 e. The van der Waals surface area contributed by atoms with Gasteiger partial charge in [-0.25, -0.2) is 9.97 Å². The van der Waals surface area contributed by atoms with Crippen LogP contribution in [0.2, 0.25) is 0 Å². The topological polar surface area (TPSA) is 53.1 Å². The summed E-state index contributed by atoms with van der Waals surface area (Å²) in [5.41, 5.74) is 0. The third kappa shape index (κ3) is 4.67. The van der Waals surface area contributed by atoms with Crippen molar-refractivity contribution >= 4 is 11.6 Å². The average Bonchev–Trinajstić information content (AvgIpc) is 2.43. The molecule has 0 radical (unpaired) electrons. The molecule has 1 unspecified atom stereocenters. The van der Waals surface area contributed by atoms with Crippen LogP contribution in [-0.2, 0) is 0 Å². The van der Waals surface area contributed by atoms with E-state index >= 15 is 0 Å². The first-order valence-corrected chi connectivity index (χ1v) is 7.26. The van der Waals surface area contributed by atoms with E-state index in [1.54, 1.807) is 6.33 Å². The third-order valence-corrected chi connectivity index (χ3v) is 3.52. The van der Waals surface area contributed by atoms with Gasteiger partial charge in [0.25, 0.3) is 0 Å². The molecule has 0 bridgehead atoms. The molecule has 0 amide bonds. The quantitative estimate of drug-likeness (QED) is 0.822. The van der Waals surface area contributed by atoms with E-state index in [4.69, 9.17) is 0 Å². The summed E-state index contributed by atoms with van der Waals surface area (Å²) in [6.45, 7) is 6.50. The molecule has 1 aromatic rings. The molecule has 2 heterocycles. The number of anilines is 2. The second-order valence-electron chi connectivity index (χ2n) is 5.37. The van der Waals surface area contributed by atoms with Gasteiger partial charge in [0.2, 0.25) is 0 Å². The summed E-state index contributed by atoms with van der Waals surface area (Å²) in [6, 6.07) is 1.99. The predicted octanol–water partition coefficient (Wildman–Crippen LogP) is 2.05. The second-order valence-corrected chi connectivity index (χ2v) is 5.37. The van der Waals surface area contributed by atoms with Crippen molar-refractivity contribution in [3.8, 4) is 0 Å². The van der Waals surface area contributed by atoms with E-state index in [1.165, 1.54) is 25.9 Å². The van der Waals surface area contributed by atoms with Gasteiger partial charge in [0, 0.05) is 25.7 Å². The van der Waals surface area contributed by atoms with Crippen molar-refractivity contribution in [2.75, 3.05) is 43.9 Å². The van der Waals surface area contributed by atoms with Crippen LogP contribution in [0.4, 0.5) is 11.6 Å². The second kappa shape index (κ2) is 7.28. The van der Waals surface area contributed by atoms with Gasteiger partial charge in [-0.2, -0.15) is 0 Å². The van der Waals surface area contributed by atoms with Crippen molar-refractivity contribution in [2.45, 2.75) is 26.2 Å². The summed E-state index contributed by atoms with van der Waals surface area (Å²) in [6.07, 6.45) is 5.33. The average molecular weight is 263 g/mol. The van der Waals surface area contributed by atoms with Crippen molar-refractivity contribution < 1.29 is 0 Å². The molecular weight excluding hydrogens is 238 g/mol. The molecule has 5 nitrogen and oxygen atoms in total. The zero-order chi connectivity index (χ0) is 13.5. The summed E-state index contributed by atoms with van der Waals surface area (Å²) in [5.74, 6) is 2.54. The number of nitrogens with zero attached hydrogens (tertiary/aromatic N) is 3. The van der Waals surface area contributed by atoms with Crippen LogP contribution < -0.4 is 10.6 Å². The molecule has 2 N–H and O–H groups in total. The minimum absolute atomic E-state index is 0.723. The molecule has 1 aliphatic heterocycles. The fourth-order valence-corrected chi connectivity index (χ4v) is 2.49. The lowest BCUT2D eigenvalue weighted by Gasteiger charge is -2.29. The SMILES string of the molecule is CCCNc1cc(NCC2CCCN(C)C2)ncn1. The van der Waals surface area contributed by atoms with E-state index in [-0.39, 0.29) is 0 Å². The largest absolute Gasteiger partial charge is 0.370 e. The van der Waals surface area contributed by atoms with Crippen molar-refractivity contribution in [1.82, 2.24) is 14.9 Å². The van der Waals surface area contributed by atoms with Gasteiger partial charge in [-0.3, -0.25) is 0 Å². The Kier molecular flexibility index (Phi) is 5.39. The zero-order valence-corrected chi connectivity index (χ0v) is 12.0. The molecule has 19 heavy (non-hydrogen) atoms. The molecule has 1 fully saturated rings. The molecule has 1 atom stereocenters. The Morgan fingerprint density at radius 1 is 1.32 bits per heavy atom. The van der Waals surface area contributed by atoms with Crippen LogP contribution in [0.5, 0.6) is 0 Å². The molecule has 0 aromatic carbocycles. The number of hydrogen-bond acceptors (Lipinski definition) is 5. The van der Waals surface area contributed by atoms with Crippen molar-refractivity contribution in [3.05, 3.63) is 12.4 Å². The summed E-state index contributed by atoms with van der Waals surface area (Å²) in [5, 5.41) is 6.71. The molecule has 0 saturated carbocycles. The predicted molar refractivity (Wildman–Crippen MR) is 79.5 cm³/mol. The van der Waals surface area contributed by atoms with Crippen LogP contribution in [0.25, 0.3) is 0 Å². The van der Waals surface area contributed by atoms with Gasteiger partial charge in [-0.05, 0) is 38.8 Å². The van der Waals surface area contributed by atoms with Crippen LogP contribution in [0.15, 0.2) is 12.4 Å². The smallest absolute Gasteiger partial charge is 0.131 e. The first-order valence-electron chi connectivity index (χ1n) is 7.26. The summed E-state index contributed by atoms with van der Waals surface area (Å²) in [7, 11) is 2.20. The molecule has 1 aromatic heterocycles. The van der Waals surface area contributed by atoms with Gasteiger partial charge >= 0.3 is 0 Å². The van der Waals surface area contributed by atoms with E-state index in [2.05, 4.69) is 39.5 Å². The van der Waals surface area contributed by atoms with Gasteiger partial charge in [-0.15, -0.1) is 0 Å². The van der Waals surface area contributed by atoms with E-state index < -0.39 is 0 Å². The first-order chi connectivity index (χ1) is 9.28. The van der Waals surface area contributed by atoms with E-state index in [0.717, 1.165) is 37.1 Å². The number of likely N-dealkylation sites (tertiary alicyclic amines) is 1. The van der Waals surface area contributed by atoms with E-state index in [0.29, 0.717) is 0 Å². The number of hydrogen-bond donors (Lipinski definition) is 2. The highest BCUT2D eigenvalue weighted by Crippen LogP contribution is 2.16. The molecule has 5 heteroatoms. The summed E-state index contributed by atoms with van der Waals surface area (Å²) < 4.78 is 0. The van der Waals surface area contributed by atoms with E-state index in [9.17, 15) is 0 Å². The van der Waals surface area contributed by atoms with Crippen molar-refractivity contribution in [2.24, 2.45) is 5.92 Å². The molecule has 0 spiro atoms. The first kappa shape index (κ1) is 14.1. The van der Waals surface area contributed by atoms with Crippen LogP contribution in [0.1, 0.15) is 26.2 Å².